The fourth-order valence-electron chi connectivity index (χ4n) is 1.82. The van der Waals surface area contributed by atoms with Crippen LogP contribution in [0.25, 0.3) is 10.9 Å². The first-order chi connectivity index (χ1) is 9.43. The van der Waals surface area contributed by atoms with E-state index >= 15 is 0 Å². The van der Waals surface area contributed by atoms with Crippen LogP contribution in [0.2, 0.25) is 0 Å². The third kappa shape index (κ3) is 3.41. The van der Waals surface area contributed by atoms with Crippen LogP contribution in [-0.2, 0) is 4.74 Å². The fourth-order valence-corrected chi connectivity index (χ4v) is 2.18. The Bertz CT molecular complexity index is 609. The molecule has 20 heavy (non-hydrogen) atoms. The molecule has 5 heteroatoms. The molecule has 108 valence electrons. The highest BCUT2D eigenvalue weighted by molar-refractivity contribution is 9.10. The van der Waals surface area contributed by atoms with Gasteiger partial charge in [0.15, 0.2) is 5.75 Å². The second-order valence-corrected chi connectivity index (χ2v) is 6.18. The molecule has 0 aliphatic rings. The number of hydrogen-bond donors (Lipinski definition) is 1. The normalized spacial score (nSPS) is 11.8. The largest absolute Gasteiger partial charge is 0.491 e. The second-order valence-electron chi connectivity index (χ2n) is 5.27. The van der Waals surface area contributed by atoms with Crippen LogP contribution in [0, 0.1) is 0 Å². The lowest BCUT2D eigenvalue weighted by atomic mass is 10.1. The van der Waals surface area contributed by atoms with Crippen molar-refractivity contribution < 1.29 is 9.47 Å². The van der Waals surface area contributed by atoms with Gasteiger partial charge in [0.25, 0.3) is 0 Å². The molecule has 2 N–H and O–H groups in total. The lowest BCUT2D eigenvalue weighted by Crippen LogP contribution is -2.25. The Labute approximate surface area is 127 Å². The van der Waals surface area contributed by atoms with Gasteiger partial charge >= 0.3 is 0 Å². The van der Waals surface area contributed by atoms with Crippen LogP contribution in [0.5, 0.6) is 5.75 Å². The molecule has 1 heterocycles. The molecule has 0 atom stereocenters. The van der Waals surface area contributed by atoms with Crippen LogP contribution >= 0.6 is 15.9 Å². The number of anilines is 1. The van der Waals surface area contributed by atoms with Gasteiger partial charge in [-0.05, 0) is 32.0 Å². The summed E-state index contributed by atoms with van der Waals surface area (Å²) < 4.78 is 12.2. The lowest BCUT2D eigenvalue weighted by molar-refractivity contribution is 0.00563. The van der Waals surface area contributed by atoms with Crippen LogP contribution in [0.1, 0.15) is 20.3 Å². The fraction of sp³-hybridized carbons (Fsp3) is 0.400. The first-order valence-corrected chi connectivity index (χ1v) is 7.24. The van der Waals surface area contributed by atoms with Crippen molar-refractivity contribution in [2.24, 2.45) is 0 Å². The molecule has 4 nitrogen and oxygen atoms in total. The molecule has 2 aromatic rings. The standard InChI is InChI=1S/C15H19BrN2O2/c1-15(2,19-3)6-7-20-14-11-8-10(16)4-5-13(11)18-9-12(14)17/h4-5,8-9H,6-7,17H2,1-3H3. The van der Waals surface area contributed by atoms with E-state index in [0.29, 0.717) is 18.0 Å². The maximum atomic E-state index is 5.98. The van der Waals surface area contributed by atoms with Gasteiger partial charge in [-0.3, -0.25) is 4.98 Å². The third-order valence-electron chi connectivity index (χ3n) is 3.31. The first-order valence-electron chi connectivity index (χ1n) is 6.44. The molecular formula is C15H19BrN2O2. The van der Waals surface area contributed by atoms with Gasteiger partial charge in [-0.25, -0.2) is 0 Å². The number of pyridine rings is 1. The van der Waals surface area contributed by atoms with Crippen LogP contribution in [0.4, 0.5) is 5.69 Å². The molecule has 0 aliphatic heterocycles. The van der Waals surface area contributed by atoms with Crippen molar-refractivity contribution in [3.8, 4) is 5.75 Å². The molecule has 0 saturated heterocycles. The van der Waals surface area contributed by atoms with Gasteiger partial charge in [0.1, 0.15) is 0 Å². The summed E-state index contributed by atoms with van der Waals surface area (Å²) in [5.74, 6) is 0.684. The molecule has 0 spiro atoms. The highest BCUT2D eigenvalue weighted by atomic mass is 79.9. The van der Waals surface area contributed by atoms with E-state index in [1.807, 2.05) is 32.0 Å². The van der Waals surface area contributed by atoms with E-state index in [9.17, 15) is 0 Å². The summed E-state index contributed by atoms with van der Waals surface area (Å²) in [7, 11) is 1.70. The van der Waals surface area contributed by atoms with Gasteiger partial charge < -0.3 is 15.2 Å². The summed E-state index contributed by atoms with van der Waals surface area (Å²) in [5.41, 5.74) is 7.19. The van der Waals surface area contributed by atoms with Crippen LogP contribution in [0.3, 0.4) is 0 Å². The average molecular weight is 339 g/mol. The zero-order valence-electron chi connectivity index (χ0n) is 11.9. The van der Waals surface area contributed by atoms with E-state index in [2.05, 4.69) is 20.9 Å². The minimum Gasteiger partial charge on any atom is -0.491 e. The predicted molar refractivity (Wildman–Crippen MR) is 85.1 cm³/mol. The smallest absolute Gasteiger partial charge is 0.153 e. The van der Waals surface area contributed by atoms with E-state index in [0.717, 1.165) is 21.8 Å². The Morgan fingerprint density at radius 3 is 2.80 bits per heavy atom. The molecule has 2 rings (SSSR count). The van der Waals surface area contributed by atoms with Crippen molar-refractivity contribution in [1.29, 1.82) is 0 Å². The molecule has 0 unspecified atom stereocenters. The Balaban J connectivity index is 2.24. The van der Waals surface area contributed by atoms with Gasteiger partial charge in [0, 0.05) is 23.4 Å². The van der Waals surface area contributed by atoms with Crippen molar-refractivity contribution in [1.82, 2.24) is 4.98 Å². The van der Waals surface area contributed by atoms with E-state index < -0.39 is 0 Å². The van der Waals surface area contributed by atoms with Gasteiger partial charge in [-0.2, -0.15) is 0 Å². The predicted octanol–water partition coefficient (Wildman–Crippen LogP) is 3.77. The minimum atomic E-state index is -0.210. The summed E-state index contributed by atoms with van der Waals surface area (Å²) in [6, 6.07) is 5.85. The van der Waals surface area contributed by atoms with Crippen LogP contribution in [-0.4, -0.2) is 24.3 Å². The minimum absolute atomic E-state index is 0.210. The topological polar surface area (TPSA) is 57.4 Å². The van der Waals surface area contributed by atoms with Crippen molar-refractivity contribution in [3.05, 3.63) is 28.9 Å². The summed E-state index contributed by atoms with van der Waals surface area (Å²) in [5, 5.41) is 0.912. The Kier molecular flexibility index (Phi) is 4.50. The highest BCUT2D eigenvalue weighted by Crippen LogP contribution is 2.32. The van der Waals surface area contributed by atoms with Crippen LogP contribution < -0.4 is 10.5 Å². The van der Waals surface area contributed by atoms with Crippen LogP contribution in [0.15, 0.2) is 28.9 Å². The van der Waals surface area contributed by atoms with E-state index in [1.54, 1.807) is 13.3 Å². The molecule has 0 bridgehead atoms. The Morgan fingerprint density at radius 1 is 1.35 bits per heavy atom. The summed E-state index contributed by atoms with van der Waals surface area (Å²) in [6.07, 6.45) is 2.41. The van der Waals surface area contributed by atoms with E-state index in [4.69, 9.17) is 15.2 Å². The van der Waals surface area contributed by atoms with E-state index in [-0.39, 0.29) is 5.60 Å². The monoisotopic (exact) mass is 338 g/mol. The number of methoxy groups -OCH3 is 1. The molecule has 0 radical (unpaired) electrons. The summed E-state index contributed by atoms with van der Waals surface area (Å²) in [4.78, 5) is 4.30. The Morgan fingerprint density at radius 2 is 2.10 bits per heavy atom. The molecule has 0 amide bonds. The summed E-state index contributed by atoms with van der Waals surface area (Å²) in [6.45, 7) is 4.60. The lowest BCUT2D eigenvalue weighted by Gasteiger charge is -2.23. The second kappa shape index (κ2) is 5.97. The third-order valence-corrected chi connectivity index (χ3v) is 3.80. The van der Waals surface area contributed by atoms with Crippen molar-refractivity contribution >= 4 is 32.5 Å². The molecular weight excluding hydrogens is 320 g/mol. The van der Waals surface area contributed by atoms with Crippen molar-refractivity contribution in [2.45, 2.75) is 25.9 Å². The maximum absolute atomic E-state index is 5.98. The summed E-state index contributed by atoms with van der Waals surface area (Å²) >= 11 is 3.46. The molecule has 0 saturated carbocycles. The number of nitrogens with two attached hydrogens (primary N) is 1. The highest BCUT2D eigenvalue weighted by Gasteiger charge is 2.17. The zero-order valence-corrected chi connectivity index (χ0v) is 13.5. The van der Waals surface area contributed by atoms with Gasteiger partial charge in [0.05, 0.1) is 29.6 Å². The quantitative estimate of drug-likeness (QED) is 0.901. The van der Waals surface area contributed by atoms with Gasteiger partial charge in [-0.1, -0.05) is 15.9 Å². The van der Waals surface area contributed by atoms with Gasteiger partial charge in [0.2, 0.25) is 0 Å². The Hall–Kier alpha value is -1.33. The molecule has 0 fully saturated rings. The van der Waals surface area contributed by atoms with E-state index in [1.165, 1.54) is 0 Å². The SMILES string of the molecule is COC(C)(C)CCOc1c(N)cnc2ccc(Br)cc12. The molecule has 1 aromatic carbocycles. The number of hydrogen-bond acceptors (Lipinski definition) is 4. The number of fused-ring (bicyclic) bond motifs is 1. The van der Waals surface area contributed by atoms with Crippen molar-refractivity contribution in [3.63, 3.8) is 0 Å². The number of aromatic nitrogens is 1. The number of ether oxygens (including phenoxy) is 2. The number of nitrogens with zero attached hydrogens (tertiary/aromatic N) is 1. The number of benzene rings is 1. The molecule has 1 aromatic heterocycles. The maximum Gasteiger partial charge on any atom is 0.153 e. The van der Waals surface area contributed by atoms with Gasteiger partial charge in [-0.15, -0.1) is 0 Å². The number of rotatable bonds is 5. The molecule has 0 aliphatic carbocycles. The van der Waals surface area contributed by atoms with Crippen molar-refractivity contribution in [2.75, 3.05) is 19.5 Å². The number of nitrogen functional groups attached to an aromatic ring is 1. The number of halogens is 1. The average Bonchev–Trinajstić information content (AvgIpc) is 2.41. The zero-order chi connectivity index (χ0) is 14.8. The first kappa shape index (κ1) is 15.1.